The Morgan fingerprint density at radius 2 is 1.91 bits per heavy atom. The van der Waals surface area contributed by atoms with Gasteiger partial charge in [0.05, 0.1) is 0 Å². The molecule has 1 aromatic carbocycles. The number of benzene rings is 1. The van der Waals surface area contributed by atoms with Gasteiger partial charge in [0.1, 0.15) is 5.75 Å². The SMILES string of the molecule is CN(C(=O)Oc1ccc(Cl)cc1)C1CCC(C=CCCl)CC1. The minimum absolute atomic E-state index is 0.237. The van der Waals surface area contributed by atoms with E-state index in [0.29, 0.717) is 22.6 Å². The second-order valence-corrected chi connectivity index (χ2v) is 6.33. The van der Waals surface area contributed by atoms with Crippen molar-refractivity contribution in [1.29, 1.82) is 0 Å². The van der Waals surface area contributed by atoms with Gasteiger partial charge in [-0.05, 0) is 55.9 Å². The van der Waals surface area contributed by atoms with Crippen LogP contribution in [0, 0.1) is 5.92 Å². The maximum Gasteiger partial charge on any atom is 0.415 e. The second-order valence-electron chi connectivity index (χ2n) is 5.58. The molecular weight excluding hydrogens is 321 g/mol. The number of allylic oxidation sites excluding steroid dienone is 2. The van der Waals surface area contributed by atoms with E-state index in [4.69, 9.17) is 27.9 Å². The topological polar surface area (TPSA) is 29.5 Å². The van der Waals surface area contributed by atoms with E-state index in [1.165, 1.54) is 0 Å². The summed E-state index contributed by atoms with van der Waals surface area (Å²) < 4.78 is 5.37. The van der Waals surface area contributed by atoms with Gasteiger partial charge in [0.2, 0.25) is 0 Å². The Morgan fingerprint density at radius 3 is 2.50 bits per heavy atom. The fraction of sp³-hybridized carbons (Fsp3) is 0.471. The molecule has 0 atom stereocenters. The van der Waals surface area contributed by atoms with Crippen LogP contribution in [0.3, 0.4) is 0 Å². The van der Waals surface area contributed by atoms with Crippen molar-refractivity contribution in [3.05, 3.63) is 41.4 Å². The van der Waals surface area contributed by atoms with Gasteiger partial charge in [0.15, 0.2) is 0 Å². The van der Waals surface area contributed by atoms with E-state index in [1.807, 2.05) is 6.08 Å². The van der Waals surface area contributed by atoms with Gasteiger partial charge in [-0.25, -0.2) is 4.79 Å². The highest BCUT2D eigenvalue weighted by atomic mass is 35.5. The average Bonchev–Trinajstić information content (AvgIpc) is 2.55. The zero-order valence-corrected chi connectivity index (χ0v) is 14.2. The van der Waals surface area contributed by atoms with Gasteiger partial charge in [-0.1, -0.05) is 23.8 Å². The molecule has 1 amide bonds. The van der Waals surface area contributed by atoms with E-state index >= 15 is 0 Å². The number of nitrogens with zero attached hydrogens (tertiary/aromatic N) is 1. The number of rotatable bonds is 4. The number of hydrogen-bond donors (Lipinski definition) is 0. The molecule has 22 heavy (non-hydrogen) atoms. The number of carbonyl (C=O) groups excluding carboxylic acids is 1. The van der Waals surface area contributed by atoms with Crippen molar-refractivity contribution in [2.24, 2.45) is 5.92 Å². The van der Waals surface area contributed by atoms with Gasteiger partial charge in [-0.3, -0.25) is 0 Å². The summed E-state index contributed by atoms with van der Waals surface area (Å²) in [5, 5.41) is 0.622. The van der Waals surface area contributed by atoms with Crippen molar-refractivity contribution >= 4 is 29.3 Å². The number of alkyl halides is 1. The molecule has 0 aliphatic heterocycles. The van der Waals surface area contributed by atoms with Crippen LogP contribution in [0.1, 0.15) is 25.7 Å². The van der Waals surface area contributed by atoms with Gasteiger partial charge in [0, 0.05) is 24.0 Å². The molecule has 1 aliphatic carbocycles. The zero-order chi connectivity index (χ0) is 15.9. The highest BCUT2D eigenvalue weighted by molar-refractivity contribution is 6.30. The van der Waals surface area contributed by atoms with Gasteiger partial charge < -0.3 is 9.64 Å². The van der Waals surface area contributed by atoms with Crippen LogP contribution in [0.2, 0.25) is 5.02 Å². The molecule has 1 fully saturated rings. The van der Waals surface area contributed by atoms with Crippen molar-refractivity contribution in [1.82, 2.24) is 4.90 Å². The molecule has 0 unspecified atom stereocenters. The Labute approximate surface area is 141 Å². The van der Waals surface area contributed by atoms with E-state index < -0.39 is 0 Å². The first kappa shape index (κ1) is 17.2. The summed E-state index contributed by atoms with van der Waals surface area (Å²) in [6.45, 7) is 0. The van der Waals surface area contributed by atoms with Crippen LogP contribution in [0.5, 0.6) is 5.75 Å². The Balaban J connectivity index is 1.84. The van der Waals surface area contributed by atoms with E-state index in [2.05, 4.69) is 6.08 Å². The van der Waals surface area contributed by atoms with E-state index in [0.717, 1.165) is 25.7 Å². The summed E-state index contributed by atoms with van der Waals surface area (Å²) in [4.78, 5) is 13.9. The normalized spacial score (nSPS) is 21.8. The molecule has 1 saturated carbocycles. The van der Waals surface area contributed by atoms with Crippen LogP contribution in [-0.4, -0.2) is 30.0 Å². The lowest BCUT2D eigenvalue weighted by Crippen LogP contribution is -2.40. The van der Waals surface area contributed by atoms with Crippen LogP contribution in [0.25, 0.3) is 0 Å². The number of hydrogen-bond acceptors (Lipinski definition) is 2. The third kappa shape index (κ3) is 4.92. The van der Waals surface area contributed by atoms with Gasteiger partial charge in [-0.15, -0.1) is 11.6 Å². The van der Waals surface area contributed by atoms with Crippen molar-refractivity contribution in [3.63, 3.8) is 0 Å². The molecule has 2 rings (SSSR count). The summed E-state index contributed by atoms with van der Waals surface area (Å²) in [5.74, 6) is 1.66. The molecule has 0 radical (unpaired) electrons. The van der Waals surface area contributed by atoms with Gasteiger partial charge in [0.25, 0.3) is 0 Å². The highest BCUT2D eigenvalue weighted by Crippen LogP contribution is 2.28. The number of halogens is 2. The monoisotopic (exact) mass is 341 g/mol. The van der Waals surface area contributed by atoms with Crippen LogP contribution in [-0.2, 0) is 0 Å². The van der Waals surface area contributed by atoms with Crippen molar-refractivity contribution in [2.75, 3.05) is 12.9 Å². The van der Waals surface area contributed by atoms with Crippen molar-refractivity contribution in [2.45, 2.75) is 31.7 Å². The number of amides is 1. The van der Waals surface area contributed by atoms with E-state index in [-0.39, 0.29) is 12.1 Å². The van der Waals surface area contributed by atoms with Crippen LogP contribution in [0.15, 0.2) is 36.4 Å². The first-order chi connectivity index (χ1) is 10.6. The first-order valence-corrected chi connectivity index (χ1v) is 8.44. The quantitative estimate of drug-likeness (QED) is 0.561. The van der Waals surface area contributed by atoms with Gasteiger partial charge >= 0.3 is 6.09 Å². The Hall–Kier alpha value is -1.19. The third-order valence-electron chi connectivity index (χ3n) is 4.09. The van der Waals surface area contributed by atoms with Crippen LogP contribution >= 0.6 is 23.2 Å². The van der Waals surface area contributed by atoms with Crippen LogP contribution < -0.4 is 4.74 Å². The lowest BCUT2D eigenvalue weighted by Gasteiger charge is -2.33. The Morgan fingerprint density at radius 1 is 1.27 bits per heavy atom. The first-order valence-electron chi connectivity index (χ1n) is 7.53. The maximum atomic E-state index is 12.2. The minimum atomic E-state index is -0.318. The highest BCUT2D eigenvalue weighted by Gasteiger charge is 2.26. The molecule has 1 aliphatic rings. The molecule has 0 heterocycles. The zero-order valence-electron chi connectivity index (χ0n) is 12.7. The molecule has 0 saturated heterocycles. The molecular formula is C17H21Cl2NO2. The maximum absolute atomic E-state index is 12.2. The lowest BCUT2D eigenvalue weighted by atomic mass is 9.85. The Kier molecular flexibility index (Phi) is 6.59. The fourth-order valence-corrected chi connectivity index (χ4v) is 2.98. The summed E-state index contributed by atoms with van der Waals surface area (Å²) in [6.07, 6.45) is 8.02. The number of ether oxygens (including phenoxy) is 1. The van der Waals surface area contributed by atoms with Crippen LogP contribution in [0.4, 0.5) is 4.79 Å². The molecule has 0 spiro atoms. The third-order valence-corrected chi connectivity index (χ3v) is 4.52. The van der Waals surface area contributed by atoms with E-state index in [9.17, 15) is 4.79 Å². The number of carbonyl (C=O) groups is 1. The smallest absolute Gasteiger partial charge is 0.410 e. The summed E-state index contributed by atoms with van der Waals surface area (Å²) in [6, 6.07) is 7.04. The van der Waals surface area contributed by atoms with Crippen molar-refractivity contribution in [3.8, 4) is 5.75 Å². The largest absolute Gasteiger partial charge is 0.415 e. The predicted molar refractivity (Wildman–Crippen MR) is 90.8 cm³/mol. The summed E-state index contributed by atoms with van der Waals surface area (Å²) in [5.41, 5.74) is 0. The lowest BCUT2D eigenvalue weighted by molar-refractivity contribution is 0.128. The average molecular weight is 342 g/mol. The molecule has 5 heteroatoms. The van der Waals surface area contributed by atoms with E-state index in [1.54, 1.807) is 36.2 Å². The molecule has 1 aromatic rings. The standard InChI is InChI=1S/C17H21Cl2NO2/c1-20(15-8-4-13(5-9-15)3-2-12-18)17(21)22-16-10-6-14(19)7-11-16/h2-3,6-7,10-11,13,15H,4-5,8-9,12H2,1H3. The van der Waals surface area contributed by atoms with Crippen molar-refractivity contribution < 1.29 is 9.53 Å². The predicted octanol–water partition coefficient (Wildman–Crippen LogP) is 5.12. The molecule has 0 aromatic heterocycles. The summed E-state index contributed by atoms with van der Waals surface area (Å²) in [7, 11) is 1.80. The molecule has 0 bridgehead atoms. The second kappa shape index (κ2) is 8.44. The Bertz CT molecular complexity index is 508. The van der Waals surface area contributed by atoms with Gasteiger partial charge in [-0.2, -0.15) is 0 Å². The summed E-state index contributed by atoms with van der Waals surface area (Å²) >= 11 is 11.5. The molecule has 0 N–H and O–H groups in total. The minimum Gasteiger partial charge on any atom is -0.410 e. The fourth-order valence-electron chi connectivity index (χ4n) is 2.75. The molecule has 3 nitrogen and oxygen atoms in total. The molecule has 120 valence electrons.